The highest BCUT2D eigenvalue weighted by atomic mass is 32.1. The molecular weight excluding hydrogens is 260 g/mol. The number of hydrogen-bond acceptors (Lipinski definition) is 4. The molecule has 2 atom stereocenters. The molecule has 5 heteroatoms. The van der Waals surface area contributed by atoms with E-state index in [0.717, 1.165) is 0 Å². The Balaban J connectivity index is 2.25. The van der Waals surface area contributed by atoms with E-state index in [1.807, 2.05) is 4.90 Å². The molecule has 1 saturated heterocycles. The van der Waals surface area contributed by atoms with Crippen LogP contribution in [0.15, 0.2) is 12.1 Å². The van der Waals surface area contributed by atoms with Gasteiger partial charge in [0.15, 0.2) is 0 Å². The predicted molar refractivity (Wildman–Crippen MR) is 77.1 cm³/mol. The van der Waals surface area contributed by atoms with Crippen LogP contribution in [0.5, 0.6) is 0 Å². The quantitative estimate of drug-likeness (QED) is 0.900. The van der Waals surface area contributed by atoms with Gasteiger partial charge in [0, 0.05) is 16.9 Å². The van der Waals surface area contributed by atoms with Crippen LogP contribution in [0.4, 0.5) is 0 Å². The highest BCUT2D eigenvalue weighted by molar-refractivity contribution is 7.12. The van der Waals surface area contributed by atoms with E-state index in [0.29, 0.717) is 19.1 Å². The summed E-state index contributed by atoms with van der Waals surface area (Å²) in [6.07, 6.45) is -0.00579. The van der Waals surface area contributed by atoms with Crippen molar-refractivity contribution < 1.29 is 9.53 Å². The molecule has 19 heavy (non-hydrogen) atoms. The van der Waals surface area contributed by atoms with Gasteiger partial charge >= 0.3 is 0 Å². The molecule has 0 spiro atoms. The van der Waals surface area contributed by atoms with Crippen molar-refractivity contribution in [1.29, 1.82) is 0 Å². The number of ether oxygens (including phenoxy) is 1. The summed E-state index contributed by atoms with van der Waals surface area (Å²) in [5, 5.41) is 3.31. The number of rotatable bonds is 5. The molecule has 1 aromatic heterocycles. The van der Waals surface area contributed by atoms with E-state index in [9.17, 15) is 4.79 Å². The molecule has 2 heterocycles. The highest BCUT2D eigenvalue weighted by Gasteiger charge is 2.38. The van der Waals surface area contributed by atoms with Crippen LogP contribution in [0.2, 0.25) is 0 Å². The Kier molecular flexibility index (Phi) is 4.60. The predicted octanol–water partition coefficient (Wildman–Crippen LogP) is 2.16. The van der Waals surface area contributed by atoms with Crippen molar-refractivity contribution in [2.45, 2.75) is 33.0 Å². The Morgan fingerprint density at radius 2 is 2.26 bits per heavy atom. The molecule has 1 amide bonds. The van der Waals surface area contributed by atoms with Crippen molar-refractivity contribution in [2.24, 2.45) is 5.92 Å². The second-order valence-corrected chi connectivity index (χ2v) is 6.62. The minimum Gasteiger partial charge on any atom is -0.383 e. The molecule has 2 rings (SSSR count). The van der Waals surface area contributed by atoms with Gasteiger partial charge in [0.25, 0.3) is 0 Å². The van der Waals surface area contributed by atoms with E-state index in [4.69, 9.17) is 4.74 Å². The number of hydrogen-bond donors (Lipinski definition) is 1. The van der Waals surface area contributed by atoms with E-state index in [-0.39, 0.29) is 18.1 Å². The molecule has 106 valence electrons. The lowest BCUT2D eigenvalue weighted by atomic mass is 10.0. The summed E-state index contributed by atoms with van der Waals surface area (Å²) in [4.78, 5) is 16.6. The summed E-state index contributed by atoms with van der Waals surface area (Å²) >= 11 is 1.74. The zero-order chi connectivity index (χ0) is 14.0. The minimum atomic E-state index is -0.00579. The second-order valence-electron chi connectivity index (χ2n) is 5.30. The normalized spacial score (nSPS) is 21.4. The van der Waals surface area contributed by atoms with Crippen molar-refractivity contribution in [3.05, 3.63) is 21.9 Å². The Hall–Kier alpha value is -0.910. The number of aryl methyl sites for hydroxylation is 1. The minimum absolute atomic E-state index is 0.00579. The maximum Gasteiger partial charge on any atom is 0.238 e. The van der Waals surface area contributed by atoms with Crippen LogP contribution in [0.1, 0.15) is 29.8 Å². The monoisotopic (exact) mass is 282 g/mol. The molecule has 0 aromatic carbocycles. The zero-order valence-electron chi connectivity index (χ0n) is 12.0. The Morgan fingerprint density at radius 3 is 2.79 bits per heavy atom. The van der Waals surface area contributed by atoms with Crippen LogP contribution < -0.4 is 5.32 Å². The van der Waals surface area contributed by atoms with Gasteiger partial charge < -0.3 is 9.64 Å². The summed E-state index contributed by atoms with van der Waals surface area (Å²) in [6, 6.07) is 4.32. The molecule has 1 aliphatic rings. The number of carbonyl (C=O) groups is 1. The number of methoxy groups -OCH3 is 1. The second kappa shape index (κ2) is 6.03. The number of carbonyl (C=O) groups excluding carboxylic acids is 1. The lowest BCUT2D eigenvalue weighted by Gasteiger charge is -2.34. The fraction of sp³-hybridized carbons (Fsp3) is 0.643. The first-order valence-corrected chi connectivity index (χ1v) is 7.46. The molecule has 1 fully saturated rings. The van der Waals surface area contributed by atoms with Crippen LogP contribution in [0, 0.1) is 12.8 Å². The molecule has 0 saturated carbocycles. The fourth-order valence-electron chi connectivity index (χ4n) is 2.50. The third kappa shape index (κ3) is 2.99. The lowest BCUT2D eigenvalue weighted by Crippen LogP contribution is -2.45. The molecular formula is C14H22N2O2S. The van der Waals surface area contributed by atoms with Crippen LogP contribution in [0.25, 0.3) is 0 Å². The van der Waals surface area contributed by atoms with Crippen molar-refractivity contribution in [2.75, 3.05) is 20.3 Å². The maximum atomic E-state index is 12.2. The average Bonchev–Trinajstić information content (AvgIpc) is 2.92. The third-order valence-corrected chi connectivity index (χ3v) is 4.56. The first-order valence-electron chi connectivity index (χ1n) is 6.64. The lowest BCUT2D eigenvalue weighted by molar-refractivity contribution is -0.132. The van der Waals surface area contributed by atoms with Crippen LogP contribution in [-0.4, -0.2) is 37.1 Å². The molecule has 1 aliphatic heterocycles. The Bertz CT molecular complexity index is 444. The van der Waals surface area contributed by atoms with Gasteiger partial charge in [-0.05, 0) is 25.0 Å². The smallest absolute Gasteiger partial charge is 0.238 e. The first-order chi connectivity index (χ1) is 9.04. The van der Waals surface area contributed by atoms with Crippen molar-refractivity contribution >= 4 is 17.2 Å². The van der Waals surface area contributed by atoms with E-state index in [2.05, 4.69) is 38.2 Å². The van der Waals surface area contributed by atoms with Crippen LogP contribution in [-0.2, 0) is 9.53 Å². The summed E-state index contributed by atoms with van der Waals surface area (Å²) < 4.78 is 5.30. The number of thiophene rings is 1. The summed E-state index contributed by atoms with van der Waals surface area (Å²) in [5.74, 6) is 0.527. The molecule has 4 nitrogen and oxygen atoms in total. The van der Waals surface area contributed by atoms with Gasteiger partial charge in [0.2, 0.25) is 5.91 Å². The van der Waals surface area contributed by atoms with Crippen molar-refractivity contribution in [3.8, 4) is 0 Å². The third-order valence-electron chi connectivity index (χ3n) is 3.51. The van der Waals surface area contributed by atoms with E-state index >= 15 is 0 Å². The molecule has 0 radical (unpaired) electrons. The maximum absolute atomic E-state index is 12.2. The number of nitrogens with one attached hydrogen (secondary N) is 1. The number of amides is 1. The fourth-order valence-corrected chi connectivity index (χ4v) is 3.45. The van der Waals surface area contributed by atoms with Gasteiger partial charge in [-0.2, -0.15) is 0 Å². The van der Waals surface area contributed by atoms with Gasteiger partial charge in [0.1, 0.15) is 6.17 Å². The topological polar surface area (TPSA) is 41.6 Å². The average molecular weight is 282 g/mol. The van der Waals surface area contributed by atoms with Gasteiger partial charge in [-0.25, -0.2) is 0 Å². The number of nitrogens with zero attached hydrogens (tertiary/aromatic N) is 1. The zero-order valence-corrected chi connectivity index (χ0v) is 12.8. The van der Waals surface area contributed by atoms with Gasteiger partial charge in [-0.15, -0.1) is 11.3 Å². The van der Waals surface area contributed by atoms with Crippen molar-refractivity contribution in [1.82, 2.24) is 10.2 Å². The largest absolute Gasteiger partial charge is 0.383 e. The standard InChI is InChI=1S/C14H22N2O2S/c1-9(2)11(8-18-4)16-13(17)7-15-14(16)12-6-5-10(3)19-12/h5-6,9,11,14-15H,7-8H2,1-4H3. The summed E-state index contributed by atoms with van der Waals surface area (Å²) in [7, 11) is 1.69. The summed E-state index contributed by atoms with van der Waals surface area (Å²) in [5.41, 5.74) is 0. The van der Waals surface area contributed by atoms with Crippen molar-refractivity contribution in [3.63, 3.8) is 0 Å². The van der Waals surface area contributed by atoms with Gasteiger partial charge in [-0.3, -0.25) is 10.1 Å². The molecule has 1 aromatic rings. The molecule has 0 aliphatic carbocycles. The van der Waals surface area contributed by atoms with Gasteiger partial charge in [0.05, 0.1) is 19.2 Å². The highest BCUT2D eigenvalue weighted by Crippen LogP contribution is 2.31. The van der Waals surface area contributed by atoms with E-state index < -0.39 is 0 Å². The van der Waals surface area contributed by atoms with E-state index in [1.54, 1.807) is 18.4 Å². The van der Waals surface area contributed by atoms with Crippen LogP contribution in [0.3, 0.4) is 0 Å². The molecule has 0 bridgehead atoms. The Morgan fingerprint density at radius 1 is 1.53 bits per heavy atom. The Labute approximate surface area is 118 Å². The van der Waals surface area contributed by atoms with E-state index in [1.165, 1.54) is 9.75 Å². The van der Waals surface area contributed by atoms with Crippen LogP contribution >= 0.6 is 11.3 Å². The van der Waals surface area contributed by atoms with Gasteiger partial charge in [-0.1, -0.05) is 13.8 Å². The SMILES string of the molecule is COCC(C(C)C)N1C(=O)CNC1c1ccc(C)s1. The molecule has 2 unspecified atom stereocenters. The summed E-state index contributed by atoms with van der Waals surface area (Å²) in [6.45, 7) is 7.34. The molecule has 1 N–H and O–H groups in total. The first kappa shape index (κ1) is 14.5.